The lowest BCUT2D eigenvalue weighted by atomic mass is 9.74. The zero-order valence-corrected chi connectivity index (χ0v) is 12.5. The van der Waals surface area contributed by atoms with Gasteiger partial charge in [0.25, 0.3) is 0 Å². The highest BCUT2D eigenvalue weighted by atomic mass is 15.2. The van der Waals surface area contributed by atoms with Gasteiger partial charge in [-0.15, -0.1) is 0 Å². The zero-order chi connectivity index (χ0) is 13.1. The van der Waals surface area contributed by atoms with Crippen molar-refractivity contribution in [3.05, 3.63) is 0 Å². The van der Waals surface area contributed by atoms with Crippen molar-refractivity contribution >= 4 is 0 Å². The smallest absolute Gasteiger partial charge is 0.0136 e. The molecule has 3 rings (SSSR count). The Labute approximate surface area is 119 Å². The molecular weight excluding hydrogens is 232 g/mol. The van der Waals surface area contributed by atoms with Crippen molar-refractivity contribution in [1.82, 2.24) is 4.90 Å². The summed E-state index contributed by atoms with van der Waals surface area (Å²) in [6.07, 6.45) is 14.6. The van der Waals surface area contributed by atoms with Crippen molar-refractivity contribution in [2.24, 2.45) is 23.5 Å². The molecule has 0 aromatic carbocycles. The van der Waals surface area contributed by atoms with Crippen LogP contribution in [-0.2, 0) is 0 Å². The fourth-order valence-corrected chi connectivity index (χ4v) is 5.05. The van der Waals surface area contributed by atoms with E-state index in [1.807, 2.05) is 0 Å². The molecule has 1 heterocycles. The van der Waals surface area contributed by atoms with E-state index in [1.54, 1.807) is 0 Å². The molecular formula is C17H32N2. The van der Waals surface area contributed by atoms with Crippen LogP contribution in [-0.4, -0.2) is 30.6 Å². The topological polar surface area (TPSA) is 29.3 Å². The molecule has 0 aromatic rings. The average molecular weight is 264 g/mol. The number of fused-ring (bicyclic) bond motifs is 1. The fourth-order valence-electron chi connectivity index (χ4n) is 5.05. The molecule has 0 aromatic heterocycles. The Kier molecular flexibility index (Phi) is 4.81. The van der Waals surface area contributed by atoms with Crippen molar-refractivity contribution in [2.75, 3.05) is 19.6 Å². The molecule has 0 radical (unpaired) electrons. The van der Waals surface area contributed by atoms with E-state index in [0.717, 1.165) is 30.3 Å². The van der Waals surface area contributed by atoms with Crippen LogP contribution in [0.5, 0.6) is 0 Å². The third kappa shape index (κ3) is 3.16. The molecule has 0 bridgehead atoms. The number of nitrogens with zero attached hydrogens (tertiary/aromatic N) is 1. The lowest BCUT2D eigenvalue weighted by molar-refractivity contribution is 0.0345. The number of hydrogen-bond donors (Lipinski definition) is 1. The van der Waals surface area contributed by atoms with Crippen molar-refractivity contribution in [2.45, 2.75) is 70.3 Å². The number of likely N-dealkylation sites (tertiary alicyclic amines) is 1. The lowest BCUT2D eigenvalue weighted by Gasteiger charge is -2.46. The van der Waals surface area contributed by atoms with Crippen LogP contribution < -0.4 is 5.73 Å². The van der Waals surface area contributed by atoms with E-state index in [9.17, 15) is 0 Å². The molecule has 4 atom stereocenters. The summed E-state index contributed by atoms with van der Waals surface area (Å²) in [4.78, 5) is 2.86. The van der Waals surface area contributed by atoms with Crippen LogP contribution in [0.25, 0.3) is 0 Å². The van der Waals surface area contributed by atoms with Gasteiger partial charge in [-0.1, -0.05) is 38.5 Å². The van der Waals surface area contributed by atoms with Gasteiger partial charge in [0.15, 0.2) is 0 Å². The van der Waals surface area contributed by atoms with E-state index >= 15 is 0 Å². The first-order chi connectivity index (χ1) is 9.38. The van der Waals surface area contributed by atoms with Gasteiger partial charge < -0.3 is 5.73 Å². The fraction of sp³-hybridized carbons (Fsp3) is 1.00. The Morgan fingerprint density at radius 2 is 1.53 bits per heavy atom. The van der Waals surface area contributed by atoms with Crippen molar-refractivity contribution in [3.8, 4) is 0 Å². The van der Waals surface area contributed by atoms with E-state index in [-0.39, 0.29) is 0 Å². The van der Waals surface area contributed by atoms with Gasteiger partial charge in [0.1, 0.15) is 0 Å². The molecule has 2 saturated carbocycles. The zero-order valence-electron chi connectivity index (χ0n) is 12.5. The minimum atomic E-state index is 0.780. The van der Waals surface area contributed by atoms with Crippen LogP contribution in [0.1, 0.15) is 64.2 Å². The van der Waals surface area contributed by atoms with Gasteiger partial charge in [-0.3, -0.25) is 4.90 Å². The monoisotopic (exact) mass is 264 g/mol. The molecule has 2 N–H and O–H groups in total. The third-order valence-corrected chi connectivity index (χ3v) is 6.21. The van der Waals surface area contributed by atoms with E-state index in [0.29, 0.717) is 0 Å². The molecule has 3 aliphatic rings. The first-order valence-corrected chi connectivity index (χ1v) is 8.82. The highest BCUT2D eigenvalue weighted by Gasteiger charge is 2.36. The van der Waals surface area contributed by atoms with Crippen LogP contribution in [0.3, 0.4) is 0 Å². The largest absolute Gasteiger partial charge is 0.330 e. The van der Waals surface area contributed by atoms with Crippen LogP contribution in [0.4, 0.5) is 0 Å². The number of hydrogen-bond acceptors (Lipinski definition) is 2. The molecule has 3 fully saturated rings. The summed E-state index contributed by atoms with van der Waals surface area (Å²) in [5.74, 6) is 2.86. The molecule has 0 amide bonds. The predicted molar refractivity (Wildman–Crippen MR) is 81.1 cm³/mol. The summed E-state index contributed by atoms with van der Waals surface area (Å²) in [7, 11) is 0. The van der Waals surface area contributed by atoms with Gasteiger partial charge in [-0.2, -0.15) is 0 Å². The van der Waals surface area contributed by atoms with Gasteiger partial charge in [-0.05, 0) is 56.5 Å². The summed E-state index contributed by atoms with van der Waals surface area (Å²) < 4.78 is 0. The standard InChI is InChI=1S/C17H32N2/c18-12-15-7-2-1-3-9-17(15)19-11-10-14-6-4-5-8-16(14)13-19/h14-17H,1-13,18H2. The van der Waals surface area contributed by atoms with Gasteiger partial charge in [-0.25, -0.2) is 0 Å². The van der Waals surface area contributed by atoms with Crippen molar-refractivity contribution < 1.29 is 0 Å². The normalized spacial score (nSPS) is 41.5. The van der Waals surface area contributed by atoms with E-state index in [4.69, 9.17) is 5.73 Å². The molecule has 1 saturated heterocycles. The van der Waals surface area contributed by atoms with Crippen LogP contribution in [0.2, 0.25) is 0 Å². The molecule has 0 spiro atoms. The van der Waals surface area contributed by atoms with Crippen molar-refractivity contribution in [3.63, 3.8) is 0 Å². The maximum atomic E-state index is 6.07. The summed E-state index contributed by atoms with van der Waals surface area (Å²) >= 11 is 0. The average Bonchev–Trinajstić information content (AvgIpc) is 2.72. The molecule has 2 aliphatic carbocycles. The first-order valence-electron chi connectivity index (χ1n) is 8.82. The molecule has 1 aliphatic heterocycles. The minimum Gasteiger partial charge on any atom is -0.330 e. The van der Waals surface area contributed by atoms with Gasteiger partial charge in [0.2, 0.25) is 0 Å². The Bertz CT molecular complexity index is 278. The number of rotatable bonds is 2. The Balaban J connectivity index is 1.63. The minimum absolute atomic E-state index is 0.780. The van der Waals surface area contributed by atoms with Crippen molar-refractivity contribution in [1.29, 1.82) is 0 Å². The molecule has 4 unspecified atom stereocenters. The third-order valence-electron chi connectivity index (χ3n) is 6.21. The second-order valence-corrected chi connectivity index (χ2v) is 7.29. The summed E-state index contributed by atoms with van der Waals surface area (Å²) in [5.41, 5.74) is 6.07. The maximum Gasteiger partial charge on any atom is 0.0136 e. The highest BCUT2D eigenvalue weighted by molar-refractivity contribution is 4.89. The number of piperidine rings is 1. The molecule has 2 nitrogen and oxygen atoms in total. The Morgan fingerprint density at radius 1 is 0.789 bits per heavy atom. The van der Waals surface area contributed by atoms with Crippen LogP contribution >= 0.6 is 0 Å². The van der Waals surface area contributed by atoms with Gasteiger partial charge in [0.05, 0.1) is 0 Å². The van der Waals surface area contributed by atoms with E-state index in [2.05, 4.69) is 4.90 Å². The second-order valence-electron chi connectivity index (χ2n) is 7.29. The van der Waals surface area contributed by atoms with Crippen LogP contribution in [0.15, 0.2) is 0 Å². The quantitative estimate of drug-likeness (QED) is 0.775. The number of nitrogens with two attached hydrogens (primary N) is 1. The Hall–Kier alpha value is -0.0800. The van der Waals surface area contributed by atoms with Gasteiger partial charge in [0, 0.05) is 12.6 Å². The summed E-state index contributed by atoms with van der Waals surface area (Å²) in [6.45, 7) is 3.67. The van der Waals surface area contributed by atoms with Crippen LogP contribution in [0, 0.1) is 17.8 Å². The Morgan fingerprint density at radius 3 is 2.37 bits per heavy atom. The van der Waals surface area contributed by atoms with E-state index < -0.39 is 0 Å². The van der Waals surface area contributed by atoms with E-state index in [1.165, 1.54) is 77.3 Å². The summed E-state index contributed by atoms with van der Waals surface area (Å²) in [6, 6.07) is 0.815. The van der Waals surface area contributed by atoms with Gasteiger partial charge >= 0.3 is 0 Å². The predicted octanol–water partition coefficient (Wildman–Crippen LogP) is 3.41. The molecule has 2 heteroatoms. The molecule has 110 valence electrons. The molecule has 19 heavy (non-hydrogen) atoms. The second kappa shape index (κ2) is 6.58. The summed E-state index contributed by atoms with van der Waals surface area (Å²) in [5, 5.41) is 0. The SMILES string of the molecule is NCC1CCCCCC1N1CCC2CCCCC2C1. The highest BCUT2D eigenvalue weighted by Crippen LogP contribution is 2.38. The maximum absolute atomic E-state index is 6.07. The first kappa shape index (κ1) is 13.9. The lowest BCUT2D eigenvalue weighted by Crippen LogP contribution is -2.50.